The van der Waals surface area contributed by atoms with Crippen LogP contribution >= 0.6 is 0 Å². The quantitative estimate of drug-likeness (QED) is 0.574. The second-order valence-corrected chi connectivity index (χ2v) is 7.27. The van der Waals surface area contributed by atoms with Crippen molar-refractivity contribution in [1.29, 1.82) is 5.26 Å². The fourth-order valence-corrected chi connectivity index (χ4v) is 3.37. The van der Waals surface area contributed by atoms with E-state index in [1.807, 2.05) is 30.3 Å². The highest BCUT2D eigenvalue weighted by Crippen LogP contribution is 2.24. The van der Waals surface area contributed by atoms with Crippen LogP contribution in [0.15, 0.2) is 89.8 Å². The van der Waals surface area contributed by atoms with Crippen LogP contribution in [0, 0.1) is 11.3 Å². The van der Waals surface area contributed by atoms with Gasteiger partial charge in [0.05, 0.1) is 12.7 Å². The molecule has 0 bridgehead atoms. The molecular weight excluding hydrogens is 362 g/mol. The monoisotopic (exact) mass is 379 g/mol. The largest absolute Gasteiger partial charge is 0.379 e. The summed E-state index contributed by atoms with van der Waals surface area (Å²) in [6.45, 7) is 0.305. The average Bonchev–Trinajstić information content (AvgIpc) is 2.71. The standard InChI is InChI=1S/C21H17NO4S/c22-15-21(25-16-17-7-3-1-4-8-17)18-11-13-19(14-12-18)26-27(23,24)20-9-5-2-6-10-20/h1-14,21H,16H2. The third-order valence-corrected chi connectivity index (χ3v) is 5.06. The second kappa shape index (κ2) is 8.49. The van der Waals surface area contributed by atoms with Gasteiger partial charge in [-0.15, -0.1) is 0 Å². The van der Waals surface area contributed by atoms with Gasteiger partial charge in [0.15, 0.2) is 6.10 Å². The molecule has 6 heteroatoms. The van der Waals surface area contributed by atoms with Crippen LogP contribution in [0.4, 0.5) is 0 Å². The summed E-state index contributed by atoms with van der Waals surface area (Å²) >= 11 is 0. The van der Waals surface area contributed by atoms with E-state index in [2.05, 4.69) is 6.07 Å². The first-order valence-corrected chi connectivity index (χ1v) is 9.64. The van der Waals surface area contributed by atoms with E-state index < -0.39 is 16.2 Å². The van der Waals surface area contributed by atoms with Gasteiger partial charge in [0, 0.05) is 0 Å². The summed E-state index contributed by atoms with van der Waals surface area (Å²) in [7, 11) is -3.89. The minimum absolute atomic E-state index is 0.0789. The van der Waals surface area contributed by atoms with Crippen LogP contribution < -0.4 is 4.18 Å². The van der Waals surface area contributed by atoms with Crippen molar-refractivity contribution in [1.82, 2.24) is 0 Å². The van der Waals surface area contributed by atoms with E-state index in [1.165, 1.54) is 24.3 Å². The van der Waals surface area contributed by atoms with Crippen molar-refractivity contribution in [3.05, 3.63) is 96.1 Å². The summed E-state index contributed by atoms with van der Waals surface area (Å²) in [4.78, 5) is 0.0789. The Morgan fingerprint density at radius 1 is 0.852 bits per heavy atom. The number of nitrogens with zero attached hydrogens (tertiary/aromatic N) is 1. The molecule has 0 amide bonds. The van der Waals surface area contributed by atoms with Crippen LogP contribution in [0.1, 0.15) is 17.2 Å². The summed E-state index contributed by atoms with van der Waals surface area (Å²) in [6, 6.07) is 25.8. The first-order chi connectivity index (χ1) is 13.1. The Morgan fingerprint density at radius 2 is 1.44 bits per heavy atom. The maximum Gasteiger partial charge on any atom is 0.339 e. The summed E-state index contributed by atoms with van der Waals surface area (Å²) in [5.74, 6) is 0.169. The zero-order valence-electron chi connectivity index (χ0n) is 14.4. The lowest BCUT2D eigenvalue weighted by Crippen LogP contribution is -2.09. The van der Waals surface area contributed by atoms with Crippen molar-refractivity contribution >= 4 is 10.1 Å². The number of hydrogen-bond donors (Lipinski definition) is 0. The molecule has 1 atom stereocenters. The molecular formula is C21H17NO4S. The third-order valence-electron chi connectivity index (χ3n) is 3.80. The maximum absolute atomic E-state index is 12.2. The summed E-state index contributed by atoms with van der Waals surface area (Å²) < 4.78 is 35.3. The van der Waals surface area contributed by atoms with Gasteiger partial charge in [-0.3, -0.25) is 0 Å². The topological polar surface area (TPSA) is 76.4 Å². The molecule has 27 heavy (non-hydrogen) atoms. The zero-order chi connectivity index (χ0) is 19.1. The molecule has 0 N–H and O–H groups in total. The molecule has 0 saturated carbocycles. The fraction of sp³-hybridized carbons (Fsp3) is 0.0952. The van der Waals surface area contributed by atoms with Gasteiger partial charge < -0.3 is 8.92 Å². The molecule has 5 nitrogen and oxygen atoms in total. The van der Waals surface area contributed by atoms with Crippen LogP contribution in [-0.2, 0) is 21.5 Å². The van der Waals surface area contributed by atoms with Gasteiger partial charge in [0.2, 0.25) is 0 Å². The molecule has 0 spiro atoms. The Morgan fingerprint density at radius 3 is 2.04 bits per heavy atom. The number of benzene rings is 3. The molecule has 0 saturated heterocycles. The Balaban J connectivity index is 1.68. The summed E-state index contributed by atoms with van der Waals surface area (Å²) in [6.07, 6.45) is -0.759. The van der Waals surface area contributed by atoms with Gasteiger partial charge >= 0.3 is 10.1 Å². The Bertz CT molecular complexity index is 1010. The van der Waals surface area contributed by atoms with E-state index in [1.54, 1.807) is 30.3 Å². The van der Waals surface area contributed by atoms with Crippen LogP contribution in [0.3, 0.4) is 0 Å². The molecule has 3 rings (SSSR count). The maximum atomic E-state index is 12.2. The minimum Gasteiger partial charge on any atom is -0.379 e. The lowest BCUT2D eigenvalue weighted by Gasteiger charge is -2.12. The van der Waals surface area contributed by atoms with Crippen molar-refractivity contribution in [3.63, 3.8) is 0 Å². The van der Waals surface area contributed by atoms with Crippen molar-refractivity contribution in [2.24, 2.45) is 0 Å². The molecule has 0 aliphatic rings. The molecule has 0 aromatic heterocycles. The molecule has 1 unspecified atom stereocenters. The number of nitriles is 1. The van der Waals surface area contributed by atoms with E-state index in [-0.39, 0.29) is 10.6 Å². The average molecular weight is 379 g/mol. The van der Waals surface area contributed by atoms with E-state index in [0.29, 0.717) is 12.2 Å². The van der Waals surface area contributed by atoms with E-state index in [4.69, 9.17) is 8.92 Å². The number of hydrogen-bond acceptors (Lipinski definition) is 5. The van der Waals surface area contributed by atoms with Crippen LogP contribution in [0.2, 0.25) is 0 Å². The van der Waals surface area contributed by atoms with E-state index in [9.17, 15) is 13.7 Å². The van der Waals surface area contributed by atoms with Crippen molar-refractivity contribution in [2.75, 3.05) is 0 Å². The summed E-state index contributed by atoms with van der Waals surface area (Å²) in [5.41, 5.74) is 1.59. The highest BCUT2D eigenvalue weighted by molar-refractivity contribution is 7.87. The Labute approximate surface area is 158 Å². The van der Waals surface area contributed by atoms with Gasteiger partial charge in [-0.1, -0.05) is 60.7 Å². The van der Waals surface area contributed by atoms with Crippen LogP contribution in [0.5, 0.6) is 5.75 Å². The molecule has 0 fully saturated rings. The highest BCUT2D eigenvalue weighted by Gasteiger charge is 2.17. The van der Waals surface area contributed by atoms with Crippen LogP contribution in [0.25, 0.3) is 0 Å². The molecule has 136 valence electrons. The first-order valence-electron chi connectivity index (χ1n) is 8.23. The van der Waals surface area contributed by atoms with Crippen molar-refractivity contribution in [2.45, 2.75) is 17.6 Å². The van der Waals surface area contributed by atoms with E-state index in [0.717, 1.165) is 5.56 Å². The van der Waals surface area contributed by atoms with Gasteiger partial charge in [-0.05, 0) is 35.4 Å². The predicted octanol–water partition coefficient (Wildman–Crippen LogP) is 4.24. The lowest BCUT2D eigenvalue weighted by molar-refractivity contribution is 0.0767. The highest BCUT2D eigenvalue weighted by atomic mass is 32.2. The SMILES string of the molecule is N#CC(OCc1ccccc1)c1ccc(OS(=O)(=O)c2ccccc2)cc1. The first kappa shape index (κ1) is 18.6. The molecule has 0 heterocycles. The molecule has 0 aliphatic heterocycles. The molecule has 3 aromatic carbocycles. The normalized spacial score (nSPS) is 12.1. The second-order valence-electron chi connectivity index (χ2n) is 5.73. The van der Waals surface area contributed by atoms with E-state index >= 15 is 0 Å². The van der Waals surface area contributed by atoms with Gasteiger partial charge in [0.1, 0.15) is 10.6 Å². The minimum atomic E-state index is -3.89. The summed E-state index contributed by atoms with van der Waals surface area (Å²) in [5, 5.41) is 9.36. The van der Waals surface area contributed by atoms with Crippen molar-refractivity contribution < 1.29 is 17.3 Å². The fourth-order valence-electron chi connectivity index (χ4n) is 2.42. The van der Waals surface area contributed by atoms with Gasteiger partial charge in [-0.2, -0.15) is 13.7 Å². The molecule has 0 aliphatic carbocycles. The van der Waals surface area contributed by atoms with Crippen LogP contribution in [-0.4, -0.2) is 8.42 Å². The zero-order valence-corrected chi connectivity index (χ0v) is 15.2. The number of ether oxygens (including phenoxy) is 1. The Kier molecular flexibility index (Phi) is 5.87. The smallest absolute Gasteiger partial charge is 0.339 e. The van der Waals surface area contributed by atoms with Crippen molar-refractivity contribution in [3.8, 4) is 11.8 Å². The van der Waals surface area contributed by atoms with Gasteiger partial charge in [-0.25, -0.2) is 0 Å². The predicted molar refractivity (Wildman–Crippen MR) is 100 cm³/mol. The lowest BCUT2D eigenvalue weighted by atomic mass is 10.1. The Hall–Kier alpha value is -3.14. The third kappa shape index (κ3) is 4.94. The molecule has 3 aromatic rings. The molecule has 0 radical (unpaired) electrons. The van der Waals surface area contributed by atoms with Gasteiger partial charge in [0.25, 0.3) is 0 Å². The number of rotatable bonds is 7.